The first-order chi connectivity index (χ1) is 12.6. The van der Waals surface area contributed by atoms with E-state index in [0.717, 1.165) is 8.77 Å². The monoisotopic (exact) mass is 493 g/mol. The number of carboxylic acids is 1. The van der Waals surface area contributed by atoms with Gasteiger partial charge < -0.3 is 0 Å². The summed E-state index contributed by atoms with van der Waals surface area (Å²) < 4.78 is 28.6. The van der Waals surface area contributed by atoms with Crippen LogP contribution in [-0.4, -0.2) is 50.8 Å². The van der Waals surface area contributed by atoms with Crippen LogP contribution in [0.15, 0.2) is 53.4 Å². The number of carbonyl (C=O) groups is 1. The molecule has 0 bridgehead atoms. The normalized spacial score (nSPS) is 23.4. The molecule has 3 rings (SSSR count). The Morgan fingerprint density at radius 2 is 1.78 bits per heavy atom. The first-order valence-corrected chi connectivity index (χ1v) is 12.1. The van der Waals surface area contributed by atoms with Crippen LogP contribution < -0.4 is 4.46 Å². The maximum atomic E-state index is 13.2. The van der Waals surface area contributed by atoms with E-state index in [9.17, 15) is 18.3 Å². The summed E-state index contributed by atoms with van der Waals surface area (Å²) in [5.74, 6) is -1.16. The minimum atomic E-state index is -4.07. The van der Waals surface area contributed by atoms with Crippen molar-refractivity contribution in [2.75, 3.05) is 6.54 Å². The van der Waals surface area contributed by atoms with E-state index in [0.29, 0.717) is 0 Å². The van der Waals surface area contributed by atoms with Gasteiger partial charge in [-0.05, 0) is 0 Å². The van der Waals surface area contributed by atoms with E-state index in [1.807, 2.05) is 30.3 Å². The molecular formula is C18H17Cl2NO4SSe. The fourth-order valence-corrected chi connectivity index (χ4v) is 8.65. The van der Waals surface area contributed by atoms with Crippen LogP contribution in [0.25, 0.3) is 0 Å². The first-order valence-electron chi connectivity index (χ1n) is 8.07. The van der Waals surface area contributed by atoms with Crippen molar-refractivity contribution in [3.05, 3.63) is 58.6 Å². The Balaban J connectivity index is 1.97. The summed E-state index contributed by atoms with van der Waals surface area (Å²) in [6.07, 6.45) is 0.255. The van der Waals surface area contributed by atoms with Gasteiger partial charge in [0.25, 0.3) is 0 Å². The third-order valence-corrected chi connectivity index (χ3v) is 9.38. The number of carboxylic acid groups (broad SMARTS) is 1. The Hall–Kier alpha value is -1.08. The summed E-state index contributed by atoms with van der Waals surface area (Å²) in [5, 5.41) is 10.2. The summed E-state index contributed by atoms with van der Waals surface area (Å²) in [6.45, 7) is 1.60. The van der Waals surface area contributed by atoms with Crippen molar-refractivity contribution < 1.29 is 18.3 Å². The van der Waals surface area contributed by atoms with Crippen LogP contribution in [0.5, 0.6) is 0 Å². The molecule has 0 radical (unpaired) electrons. The van der Waals surface area contributed by atoms with Gasteiger partial charge in [0.05, 0.1) is 0 Å². The van der Waals surface area contributed by atoms with Gasteiger partial charge in [-0.3, -0.25) is 0 Å². The zero-order chi connectivity index (χ0) is 19.8. The molecule has 2 aromatic carbocycles. The van der Waals surface area contributed by atoms with Crippen LogP contribution in [0.1, 0.15) is 13.3 Å². The number of sulfonamides is 1. The molecule has 1 fully saturated rings. The van der Waals surface area contributed by atoms with Crippen LogP contribution in [0.3, 0.4) is 0 Å². The fraction of sp³-hybridized carbons (Fsp3) is 0.278. The van der Waals surface area contributed by atoms with Crippen molar-refractivity contribution >= 4 is 58.6 Å². The van der Waals surface area contributed by atoms with Gasteiger partial charge in [0.2, 0.25) is 0 Å². The topological polar surface area (TPSA) is 74.7 Å². The van der Waals surface area contributed by atoms with Crippen LogP contribution in [0, 0.1) is 0 Å². The van der Waals surface area contributed by atoms with E-state index in [4.69, 9.17) is 23.2 Å². The van der Waals surface area contributed by atoms with Crippen molar-refractivity contribution in [3.8, 4) is 0 Å². The molecule has 1 aliphatic heterocycles. The molecule has 0 amide bonds. The molecule has 1 heterocycles. The zero-order valence-electron chi connectivity index (χ0n) is 14.3. The number of benzene rings is 2. The molecule has 5 nitrogen and oxygen atoms in total. The molecule has 2 atom stereocenters. The molecule has 27 heavy (non-hydrogen) atoms. The van der Waals surface area contributed by atoms with E-state index in [2.05, 4.69) is 0 Å². The summed E-state index contributed by atoms with van der Waals surface area (Å²) in [7, 11) is -4.07. The third-order valence-electron chi connectivity index (χ3n) is 4.48. The molecule has 0 aliphatic carbocycles. The molecular weight excluding hydrogens is 476 g/mol. The summed E-state index contributed by atoms with van der Waals surface area (Å²) in [6, 6.07) is 13.7. The first kappa shape index (κ1) is 20.6. The second-order valence-corrected chi connectivity index (χ2v) is 12.1. The average Bonchev–Trinajstić information content (AvgIpc) is 2.93. The van der Waals surface area contributed by atoms with Gasteiger partial charge >= 0.3 is 175 Å². The molecule has 0 saturated carbocycles. The van der Waals surface area contributed by atoms with Crippen LogP contribution >= 0.6 is 23.2 Å². The number of aliphatic carboxylic acids is 1. The number of halogens is 2. The van der Waals surface area contributed by atoms with Crippen molar-refractivity contribution in [3.63, 3.8) is 0 Å². The van der Waals surface area contributed by atoms with Crippen LogP contribution in [-0.2, 0) is 14.8 Å². The second-order valence-electron chi connectivity index (χ2n) is 6.48. The Morgan fingerprint density at radius 3 is 2.33 bits per heavy atom. The van der Waals surface area contributed by atoms with Gasteiger partial charge in [-0.15, -0.1) is 0 Å². The standard InChI is InChI=1S/C18H17Cl2NO4SSe/c1-18(17(22)23)10-16(27-15-5-3-2-4-6-15)11-21(18)26(24,25)14-8-12(19)7-13(20)9-14/h2-9,16H,10-11H2,1H3,(H,22,23)/t16-,18?/m0/s1. The number of nitrogens with zero attached hydrogens (tertiary/aromatic N) is 1. The van der Waals surface area contributed by atoms with Crippen molar-refractivity contribution in [2.24, 2.45) is 0 Å². The van der Waals surface area contributed by atoms with Crippen LogP contribution in [0.4, 0.5) is 0 Å². The van der Waals surface area contributed by atoms with Crippen molar-refractivity contribution in [2.45, 2.75) is 28.6 Å². The predicted molar refractivity (Wildman–Crippen MR) is 107 cm³/mol. The van der Waals surface area contributed by atoms with E-state index in [-0.39, 0.29) is 47.7 Å². The van der Waals surface area contributed by atoms with Gasteiger partial charge in [0.1, 0.15) is 0 Å². The summed E-state index contributed by atoms with van der Waals surface area (Å²) >= 11 is 11.9. The molecule has 144 valence electrons. The van der Waals surface area contributed by atoms with Gasteiger partial charge in [-0.2, -0.15) is 0 Å². The summed E-state index contributed by atoms with van der Waals surface area (Å²) in [5.41, 5.74) is -1.52. The molecule has 0 aromatic heterocycles. The molecule has 2 aromatic rings. The maximum absolute atomic E-state index is 13.2. The molecule has 1 unspecified atom stereocenters. The number of hydrogen-bond acceptors (Lipinski definition) is 3. The fourth-order valence-electron chi connectivity index (χ4n) is 3.13. The van der Waals surface area contributed by atoms with E-state index in [1.165, 1.54) is 25.1 Å². The Labute approximate surface area is 174 Å². The van der Waals surface area contributed by atoms with E-state index >= 15 is 0 Å². The molecule has 1 N–H and O–H groups in total. The van der Waals surface area contributed by atoms with Gasteiger partial charge in [-0.25, -0.2) is 0 Å². The SMILES string of the molecule is CC1(C(=O)O)C[C@H]([Se]c2ccccc2)CN1S(=O)(=O)c1cc(Cl)cc(Cl)c1. The number of rotatable bonds is 5. The minimum absolute atomic E-state index is 0.0474. The van der Waals surface area contributed by atoms with Crippen LogP contribution in [0.2, 0.25) is 14.9 Å². The van der Waals surface area contributed by atoms with Gasteiger partial charge in [0, 0.05) is 0 Å². The molecule has 0 spiro atoms. The van der Waals surface area contributed by atoms with Crippen molar-refractivity contribution in [1.29, 1.82) is 0 Å². The quantitative estimate of drug-likeness (QED) is 0.651. The Kier molecular flexibility index (Phi) is 5.92. The molecule has 1 aliphatic rings. The summed E-state index contributed by atoms with van der Waals surface area (Å²) in [4.78, 5) is 11.8. The second kappa shape index (κ2) is 7.74. The van der Waals surface area contributed by atoms with Gasteiger partial charge in [-0.1, -0.05) is 0 Å². The van der Waals surface area contributed by atoms with E-state index < -0.39 is 21.5 Å². The number of hydrogen-bond donors (Lipinski definition) is 1. The average molecular weight is 493 g/mol. The third kappa shape index (κ3) is 4.19. The predicted octanol–water partition coefficient (Wildman–Crippen LogP) is 3.05. The zero-order valence-corrected chi connectivity index (χ0v) is 18.3. The van der Waals surface area contributed by atoms with Gasteiger partial charge in [0.15, 0.2) is 0 Å². The molecule has 9 heteroatoms. The van der Waals surface area contributed by atoms with E-state index in [1.54, 1.807) is 0 Å². The Morgan fingerprint density at radius 1 is 1.19 bits per heavy atom. The Bertz CT molecular complexity index is 950. The molecule has 1 saturated heterocycles. The van der Waals surface area contributed by atoms with Crippen molar-refractivity contribution in [1.82, 2.24) is 4.31 Å².